The molecule has 0 atom stereocenters. The van der Waals surface area contributed by atoms with Crippen molar-refractivity contribution in [3.63, 3.8) is 0 Å². The number of rotatable bonds is 7. The summed E-state index contributed by atoms with van der Waals surface area (Å²) in [7, 11) is 1.80. The van der Waals surface area contributed by atoms with E-state index in [0.717, 1.165) is 36.3 Å². The van der Waals surface area contributed by atoms with Gasteiger partial charge in [0.25, 0.3) is 0 Å². The number of carbonyl (C=O) groups excluding carboxylic acids is 1. The lowest BCUT2D eigenvalue weighted by molar-refractivity contribution is -0.127. The molecule has 1 fully saturated rings. The quantitative estimate of drug-likeness (QED) is 0.655. The van der Waals surface area contributed by atoms with Crippen LogP contribution in [-0.4, -0.2) is 64.7 Å². The molecule has 0 saturated carbocycles. The molecule has 0 N–H and O–H groups in total. The van der Waals surface area contributed by atoms with Crippen molar-refractivity contribution in [2.24, 2.45) is 0 Å². The summed E-state index contributed by atoms with van der Waals surface area (Å²) in [6.45, 7) is 6.37. The normalized spacial score (nSPS) is 14.4. The van der Waals surface area contributed by atoms with Gasteiger partial charge in [0.1, 0.15) is 0 Å². The van der Waals surface area contributed by atoms with Crippen LogP contribution in [0.2, 0.25) is 5.02 Å². The predicted molar refractivity (Wildman–Crippen MR) is 107 cm³/mol. The van der Waals surface area contributed by atoms with E-state index in [-0.39, 0.29) is 5.91 Å². The molecule has 0 spiro atoms. The molecule has 1 aliphatic heterocycles. The first-order valence-corrected chi connectivity index (χ1v) is 10.3. The van der Waals surface area contributed by atoms with Crippen molar-refractivity contribution < 1.29 is 9.53 Å². The number of thioether (sulfide) groups is 1. The van der Waals surface area contributed by atoms with Crippen molar-refractivity contribution in [2.75, 3.05) is 44.0 Å². The monoisotopic (exact) mass is 409 g/mol. The van der Waals surface area contributed by atoms with Crippen molar-refractivity contribution in [1.29, 1.82) is 0 Å². The topological polar surface area (TPSA) is 63.5 Å². The Hall–Kier alpha value is -1.77. The van der Waals surface area contributed by atoms with Crippen LogP contribution in [0, 0.1) is 0 Å². The Labute approximate surface area is 168 Å². The highest BCUT2D eigenvalue weighted by Gasteiger charge is 2.20. The third-order valence-electron chi connectivity index (χ3n) is 4.37. The Kier molecular flexibility index (Phi) is 6.98. The number of ether oxygens (including phenoxy) is 1. The van der Waals surface area contributed by atoms with Crippen molar-refractivity contribution in [3.05, 3.63) is 34.9 Å². The molecule has 1 saturated heterocycles. The van der Waals surface area contributed by atoms with Gasteiger partial charge in [0.15, 0.2) is 5.16 Å². The SMILES string of the molecule is CCn1c(SCC(=O)N(C)Cc2cccc(Cl)c2)nnc1N1CCOCC1. The molecule has 7 nitrogen and oxygen atoms in total. The van der Waals surface area contributed by atoms with Gasteiger partial charge in [-0.2, -0.15) is 0 Å². The van der Waals surface area contributed by atoms with Crippen LogP contribution in [-0.2, 0) is 22.6 Å². The summed E-state index contributed by atoms with van der Waals surface area (Å²) < 4.78 is 7.46. The molecule has 1 aromatic carbocycles. The Morgan fingerprint density at radius 3 is 2.81 bits per heavy atom. The van der Waals surface area contributed by atoms with E-state index in [4.69, 9.17) is 16.3 Å². The second-order valence-corrected chi connectivity index (χ2v) is 7.67. The lowest BCUT2D eigenvalue weighted by Gasteiger charge is -2.27. The van der Waals surface area contributed by atoms with Crippen LogP contribution in [0.3, 0.4) is 0 Å². The summed E-state index contributed by atoms with van der Waals surface area (Å²) in [5.41, 5.74) is 1.01. The molecule has 1 amide bonds. The molecular formula is C18H24ClN5O2S. The maximum Gasteiger partial charge on any atom is 0.233 e. The molecule has 2 heterocycles. The first-order valence-electron chi connectivity index (χ1n) is 8.95. The summed E-state index contributed by atoms with van der Waals surface area (Å²) in [6.07, 6.45) is 0. The number of halogens is 1. The minimum atomic E-state index is 0.0403. The van der Waals surface area contributed by atoms with Gasteiger partial charge in [0.2, 0.25) is 11.9 Å². The fraction of sp³-hybridized carbons (Fsp3) is 0.500. The largest absolute Gasteiger partial charge is 0.378 e. The standard InChI is InChI=1S/C18H24ClN5O2S/c1-3-24-17(23-7-9-26-10-8-23)20-21-18(24)27-13-16(25)22(2)12-14-5-4-6-15(19)11-14/h4-6,11H,3,7-10,12-13H2,1-2H3. The highest BCUT2D eigenvalue weighted by molar-refractivity contribution is 7.99. The van der Waals surface area contributed by atoms with Crippen molar-refractivity contribution in [2.45, 2.75) is 25.2 Å². The number of hydrogen-bond donors (Lipinski definition) is 0. The minimum absolute atomic E-state index is 0.0403. The molecule has 1 aromatic heterocycles. The molecule has 1 aliphatic rings. The van der Waals surface area contributed by atoms with E-state index >= 15 is 0 Å². The minimum Gasteiger partial charge on any atom is -0.378 e. The van der Waals surface area contributed by atoms with Crippen LogP contribution >= 0.6 is 23.4 Å². The first kappa shape index (κ1) is 20.0. The van der Waals surface area contributed by atoms with Gasteiger partial charge in [-0.05, 0) is 24.6 Å². The summed E-state index contributed by atoms with van der Waals surface area (Å²) >= 11 is 7.43. The molecule has 0 radical (unpaired) electrons. The van der Waals surface area contributed by atoms with Crippen LogP contribution in [0.4, 0.5) is 5.95 Å². The fourth-order valence-corrected chi connectivity index (χ4v) is 4.05. The van der Waals surface area contributed by atoms with Crippen LogP contribution in [0.5, 0.6) is 0 Å². The van der Waals surface area contributed by atoms with E-state index in [1.807, 2.05) is 24.3 Å². The maximum atomic E-state index is 12.5. The van der Waals surface area contributed by atoms with Crippen LogP contribution in [0.15, 0.2) is 29.4 Å². The van der Waals surface area contributed by atoms with Gasteiger partial charge in [-0.1, -0.05) is 35.5 Å². The molecule has 27 heavy (non-hydrogen) atoms. The second-order valence-electron chi connectivity index (χ2n) is 6.29. The molecule has 0 bridgehead atoms. The second kappa shape index (κ2) is 9.43. The third kappa shape index (κ3) is 5.15. The van der Waals surface area contributed by atoms with Crippen molar-refractivity contribution in [1.82, 2.24) is 19.7 Å². The number of amides is 1. The average molecular weight is 410 g/mol. The van der Waals surface area contributed by atoms with Gasteiger partial charge in [-0.3, -0.25) is 9.36 Å². The van der Waals surface area contributed by atoms with E-state index in [1.54, 1.807) is 11.9 Å². The number of anilines is 1. The highest BCUT2D eigenvalue weighted by atomic mass is 35.5. The molecular weight excluding hydrogens is 386 g/mol. The average Bonchev–Trinajstić information content (AvgIpc) is 3.09. The smallest absolute Gasteiger partial charge is 0.233 e. The van der Waals surface area contributed by atoms with Gasteiger partial charge < -0.3 is 14.5 Å². The third-order valence-corrected chi connectivity index (χ3v) is 5.55. The van der Waals surface area contributed by atoms with Crippen molar-refractivity contribution in [3.8, 4) is 0 Å². The van der Waals surface area contributed by atoms with Crippen LogP contribution in [0.1, 0.15) is 12.5 Å². The van der Waals surface area contributed by atoms with Crippen LogP contribution < -0.4 is 4.90 Å². The molecule has 2 aromatic rings. The zero-order chi connectivity index (χ0) is 19.2. The molecule has 0 aliphatic carbocycles. The van der Waals surface area contributed by atoms with Gasteiger partial charge >= 0.3 is 0 Å². The van der Waals surface area contributed by atoms with Gasteiger partial charge in [-0.25, -0.2) is 0 Å². The summed E-state index contributed by atoms with van der Waals surface area (Å²) in [4.78, 5) is 16.4. The van der Waals surface area contributed by atoms with E-state index in [9.17, 15) is 4.79 Å². The summed E-state index contributed by atoms with van der Waals surface area (Å²) in [5, 5.41) is 10.1. The molecule has 9 heteroatoms. The molecule has 146 valence electrons. The summed E-state index contributed by atoms with van der Waals surface area (Å²) in [5.74, 6) is 1.21. The zero-order valence-corrected chi connectivity index (χ0v) is 17.2. The lowest BCUT2D eigenvalue weighted by Crippen LogP contribution is -2.38. The number of morpholine rings is 1. The number of aromatic nitrogens is 3. The van der Waals surface area contributed by atoms with Gasteiger partial charge in [0.05, 0.1) is 19.0 Å². The van der Waals surface area contributed by atoms with E-state index in [2.05, 4.69) is 26.6 Å². The lowest BCUT2D eigenvalue weighted by atomic mass is 10.2. The Balaban J connectivity index is 1.58. The van der Waals surface area contributed by atoms with Crippen LogP contribution in [0.25, 0.3) is 0 Å². The van der Waals surface area contributed by atoms with Gasteiger partial charge in [0, 0.05) is 38.2 Å². The van der Waals surface area contributed by atoms with E-state index in [1.165, 1.54) is 11.8 Å². The van der Waals surface area contributed by atoms with Crippen molar-refractivity contribution >= 4 is 35.2 Å². The van der Waals surface area contributed by atoms with Gasteiger partial charge in [-0.15, -0.1) is 10.2 Å². The molecule has 3 rings (SSSR count). The number of carbonyl (C=O) groups is 1. The number of benzene rings is 1. The number of nitrogens with zero attached hydrogens (tertiary/aromatic N) is 5. The first-order chi connectivity index (χ1) is 13.1. The van der Waals surface area contributed by atoms with E-state index in [0.29, 0.717) is 30.5 Å². The Morgan fingerprint density at radius 2 is 2.11 bits per heavy atom. The predicted octanol–water partition coefficient (Wildman–Crippen LogP) is 2.54. The Morgan fingerprint density at radius 1 is 1.33 bits per heavy atom. The fourth-order valence-electron chi connectivity index (χ4n) is 2.90. The maximum absolute atomic E-state index is 12.5. The number of hydrogen-bond acceptors (Lipinski definition) is 6. The van der Waals surface area contributed by atoms with E-state index < -0.39 is 0 Å². The molecule has 0 unspecified atom stereocenters. The summed E-state index contributed by atoms with van der Waals surface area (Å²) in [6, 6.07) is 7.56. The highest BCUT2D eigenvalue weighted by Crippen LogP contribution is 2.23. The Bertz CT molecular complexity index is 779. The zero-order valence-electron chi connectivity index (χ0n) is 15.6.